The van der Waals surface area contributed by atoms with Crippen LogP contribution < -0.4 is 10.5 Å². The lowest BCUT2D eigenvalue weighted by Crippen LogP contribution is -2.34. The molecule has 0 saturated heterocycles. The molecule has 0 aliphatic rings. The highest BCUT2D eigenvalue weighted by Crippen LogP contribution is 2.25. The maximum Gasteiger partial charge on any atom is 0.260 e. The van der Waals surface area contributed by atoms with Gasteiger partial charge in [0.1, 0.15) is 5.75 Å². The van der Waals surface area contributed by atoms with E-state index < -0.39 is 0 Å². The average molecular weight is 271 g/mol. The Morgan fingerprint density at radius 3 is 2.61 bits per heavy atom. The molecule has 0 aromatic heterocycles. The van der Waals surface area contributed by atoms with E-state index in [0.29, 0.717) is 23.9 Å². The van der Waals surface area contributed by atoms with Gasteiger partial charge in [-0.3, -0.25) is 4.79 Å². The molecule has 100 valence electrons. The number of benzene rings is 1. The van der Waals surface area contributed by atoms with Gasteiger partial charge in [-0.2, -0.15) is 0 Å². The third-order valence-electron chi connectivity index (χ3n) is 2.75. The van der Waals surface area contributed by atoms with Crippen molar-refractivity contribution in [1.82, 2.24) is 4.90 Å². The summed E-state index contributed by atoms with van der Waals surface area (Å²) in [6.45, 7) is 5.53. The number of carbonyl (C=O) groups is 1. The Hall–Kier alpha value is -1.26. The van der Waals surface area contributed by atoms with Gasteiger partial charge in [0.2, 0.25) is 0 Å². The molecule has 18 heavy (non-hydrogen) atoms. The molecule has 0 aliphatic carbocycles. The van der Waals surface area contributed by atoms with Gasteiger partial charge in [0.05, 0.1) is 0 Å². The number of hydrogen-bond acceptors (Lipinski definition) is 3. The largest absolute Gasteiger partial charge is 0.483 e. The molecule has 1 aromatic rings. The molecule has 1 aromatic carbocycles. The minimum Gasteiger partial charge on any atom is -0.483 e. The summed E-state index contributed by atoms with van der Waals surface area (Å²) in [5, 5.41) is 0.560. The van der Waals surface area contributed by atoms with Gasteiger partial charge in [0.15, 0.2) is 6.61 Å². The Kier molecular flexibility index (Phi) is 5.95. The number of likely N-dealkylation sites (N-methyl/N-ethyl adjacent to an activating group) is 1. The van der Waals surface area contributed by atoms with Gasteiger partial charge in [-0.05, 0) is 26.0 Å². The minimum atomic E-state index is -0.0389. The van der Waals surface area contributed by atoms with Crippen LogP contribution in [0.25, 0.3) is 0 Å². The molecule has 2 N–H and O–H groups in total. The predicted octanol–water partition coefficient (Wildman–Crippen LogP) is 2.05. The van der Waals surface area contributed by atoms with Crippen LogP contribution >= 0.6 is 11.6 Å². The van der Waals surface area contributed by atoms with Gasteiger partial charge < -0.3 is 15.4 Å². The number of amides is 1. The van der Waals surface area contributed by atoms with Gasteiger partial charge in [-0.25, -0.2) is 0 Å². The topological polar surface area (TPSA) is 55.6 Å². The number of halogens is 1. The van der Waals surface area contributed by atoms with Crippen molar-refractivity contribution in [2.45, 2.75) is 20.4 Å². The van der Waals surface area contributed by atoms with Crippen LogP contribution in [0.5, 0.6) is 5.75 Å². The second-order valence-electron chi connectivity index (χ2n) is 3.78. The summed E-state index contributed by atoms with van der Waals surface area (Å²) in [6, 6.07) is 5.30. The SMILES string of the molecule is CCN(CC)C(=O)COc1cccc(Cl)c1CN. The molecule has 4 nitrogen and oxygen atoms in total. The van der Waals surface area contributed by atoms with Crippen molar-refractivity contribution < 1.29 is 9.53 Å². The average Bonchev–Trinajstić information content (AvgIpc) is 2.37. The number of hydrogen-bond donors (Lipinski definition) is 1. The lowest BCUT2D eigenvalue weighted by molar-refractivity contribution is -0.132. The van der Waals surface area contributed by atoms with Crippen molar-refractivity contribution in [1.29, 1.82) is 0 Å². The van der Waals surface area contributed by atoms with Gasteiger partial charge in [-0.1, -0.05) is 17.7 Å². The molecule has 1 amide bonds. The molecular weight excluding hydrogens is 252 g/mol. The first kappa shape index (κ1) is 14.8. The highest BCUT2D eigenvalue weighted by molar-refractivity contribution is 6.31. The Morgan fingerprint density at radius 2 is 2.06 bits per heavy atom. The fourth-order valence-electron chi connectivity index (χ4n) is 1.68. The molecular formula is C13H19ClN2O2. The van der Waals surface area contributed by atoms with Crippen LogP contribution in [0, 0.1) is 0 Å². The normalized spacial score (nSPS) is 10.2. The summed E-state index contributed by atoms with van der Waals surface area (Å²) < 4.78 is 5.50. The summed E-state index contributed by atoms with van der Waals surface area (Å²) in [5.74, 6) is 0.536. The van der Waals surface area contributed by atoms with Gasteiger partial charge in [0, 0.05) is 30.2 Å². The highest BCUT2D eigenvalue weighted by Gasteiger charge is 2.12. The van der Waals surface area contributed by atoms with Crippen molar-refractivity contribution in [2.75, 3.05) is 19.7 Å². The minimum absolute atomic E-state index is 0.00895. The van der Waals surface area contributed by atoms with Crippen molar-refractivity contribution in [2.24, 2.45) is 5.73 Å². The summed E-state index contributed by atoms with van der Waals surface area (Å²) in [5.41, 5.74) is 6.34. The van der Waals surface area contributed by atoms with E-state index in [9.17, 15) is 4.79 Å². The lowest BCUT2D eigenvalue weighted by Gasteiger charge is -2.19. The van der Waals surface area contributed by atoms with Gasteiger partial charge in [-0.15, -0.1) is 0 Å². The molecule has 0 fully saturated rings. The smallest absolute Gasteiger partial charge is 0.260 e. The van der Waals surface area contributed by atoms with Crippen LogP contribution in [-0.4, -0.2) is 30.5 Å². The van der Waals surface area contributed by atoms with E-state index in [0.717, 1.165) is 5.56 Å². The van der Waals surface area contributed by atoms with Gasteiger partial charge >= 0.3 is 0 Å². The summed E-state index contributed by atoms with van der Waals surface area (Å²) in [4.78, 5) is 13.5. The monoisotopic (exact) mass is 270 g/mol. The standard InChI is InChI=1S/C13H19ClN2O2/c1-3-16(4-2)13(17)9-18-12-7-5-6-11(14)10(12)8-15/h5-7H,3-4,8-9,15H2,1-2H3. The van der Waals surface area contributed by atoms with Crippen LogP contribution in [0.15, 0.2) is 18.2 Å². The van der Waals surface area contributed by atoms with Crippen LogP contribution in [-0.2, 0) is 11.3 Å². The van der Waals surface area contributed by atoms with Crippen LogP contribution in [0.2, 0.25) is 5.02 Å². The molecule has 5 heteroatoms. The second-order valence-corrected chi connectivity index (χ2v) is 4.18. The maximum absolute atomic E-state index is 11.8. The molecule has 0 saturated carbocycles. The first-order valence-electron chi connectivity index (χ1n) is 6.02. The first-order chi connectivity index (χ1) is 8.63. The van der Waals surface area contributed by atoms with E-state index >= 15 is 0 Å². The van der Waals surface area contributed by atoms with Crippen molar-refractivity contribution in [3.63, 3.8) is 0 Å². The fraction of sp³-hybridized carbons (Fsp3) is 0.462. The van der Waals surface area contributed by atoms with E-state index in [1.165, 1.54) is 0 Å². The quantitative estimate of drug-likeness (QED) is 0.861. The highest BCUT2D eigenvalue weighted by atomic mass is 35.5. The van der Waals surface area contributed by atoms with Crippen molar-refractivity contribution >= 4 is 17.5 Å². The summed E-state index contributed by atoms with van der Waals surface area (Å²) in [7, 11) is 0. The first-order valence-corrected chi connectivity index (χ1v) is 6.39. The van der Waals surface area contributed by atoms with E-state index in [2.05, 4.69) is 0 Å². The Morgan fingerprint density at radius 1 is 1.39 bits per heavy atom. The summed E-state index contributed by atoms with van der Waals surface area (Å²) in [6.07, 6.45) is 0. The Balaban J connectivity index is 2.69. The number of carbonyl (C=O) groups excluding carboxylic acids is 1. The zero-order valence-corrected chi connectivity index (χ0v) is 11.5. The number of rotatable bonds is 6. The van der Waals surface area contributed by atoms with Crippen LogP contribution in [0.1, 0.15) is 19.4 Å². The van der Waals surface area contributed by atoms with Crippen molar-refractivity contribution in [3.8, 4) is 5.75 Å². The van der Waals surface area contributed by atoms with E-state index in [1.54, 1.807) is 23.1 Å². The fourth-order valence-corrected chi connectivity index (χ4v) is 1.92. The molecule has 0 heterocycles. The molecule has 0 radical (unpaired) electrons. The molecule has 1 rings (SSSR count). The maximum atomic E-state index is 11.8. The molecule has 0 bridgehead atoms. The zero-order chi connectivity index (χ0) is 13.5. The van der Waals surface area contributed by atoms with E-state index in [4.69, 9.17) is 22.1 Å². The Bertz CT molecular complexity index is 406. The molecule has 0 aliphatic heterocycles. The molecule has 0 spiro atoms. The number of nitrogens with two attached hydrogens (primary N) is 1. The zero-order valence-electron chi connectivity index (χ0n) is 10.8. The number of ether oxygens (including phenoxy) is 1. The summed E-state index contributed by atoms with van der Waals surface area (Å²) >= 11 is 6.01. The predicted molar refractivity (Wildman–Crippen MR) is 72.8 cm³/mol. The van der Waals surface area contributed by atoms with Crippen molar-refractivity contribution in [3.05, 3.63) is 28.8 Å². The van der Waals surface area contributed by atoms with Crippen LogP contribution in [0.4, 0.5) is 0 Å². The lowest BCUT2D eigenvalue weighted by atomic mass is 10.2. The molecule has 0 atom stereocenters. The third kappa shape index (κ3) is 3.62. The van der Waals surface area contributed by atoms with Crippen LogP contribution in [0.3, 0.4) is 0 Å². The van der Waals surface area contributed by atoms with E-state index in [-0.39, 0.29) is 19.1 Å². The number of nitrogens with zero attached hydrogens (tertiary/aromatic N) is 1. The Labute approximate surface area is 113 Å². The third-order valence-corrected chi connectivity index (χ3v) is 3.10. The van der Waals surface area contributed by atoms with E-state index in [1.807, 2.05) is 13.8 Å². The second kappa shape index (κ2) is 7.24. The molecule has 0 unspecified atom stereocenters. The van der Waals surface area contributed by atoms with Gasteiger partial charge in [0.25, 0.3) is 5.91 Å².